The van der Waals surface area contributed by atoms with E-state index >= 15 is 0 Å². The number of amidine groups is 1. The quantitative estimate of drug-likeness (QED) is 0.174. The van der Waals surface area contributed by atoms with E-state index in [0.29, 0.717) is 30.8 Å². The number of aromatic amines is 1. The van der Waals surface area contributed by atoms with Crippen LogP contribution in [0.1, 0.15) is 28.4 Å². The van der Waals surface area contributed by atoms with Crippen LogP contribution in [-0.2, 0) is 22.6 Å². The first-order valence-electron chi connectivity index (χ1n) is 10.5. The summed E-state index contributed by atoms with van der Waals surface area (Å²) < 4.78 is 0. The third kappa shape index (κ3) is 7.22. The SMILES string of the molecule is N=C(N)c1ccc(CNC(C(=O)NCC(=O)NCCc2ccc(O)cc2)c2ccc[nH]2)cc1. The topological polar surface area (TPSA) is 156 Å². The first-order valence-corrected chi connectivity index (χ1v) is 10.5. The summed E-state index contributed by atoms with van der Waals surface area (Å²) in [6.45, 7) is 0.697. The van der Waals surface area contributed by atoms with E-state index in [9.17, 15) is 14.7 Å². The molecule has 0 saturated heterocycles. The minimum absolute atomic E-state index is 0.000471. The monoisotopic (exact) mass is 448 g/mol. The fraction of sp³-hybridized carbons (Fsp3) is 0.208. The molecule has 0 bridgehead atoms. The Kier molecular flexibility index (Phi) is 8.20. The summed E-state index contributed by atoms with van der Waals surface area (Å²) >= 11 is 0. The first kappa shape index (κ1) is 23.6. The van der Waals surface area contributed by atoms with Crippen LogP contribution >= 0.6 is 0 Å². The zero-order valence-corrected chi connectivity index (χ0v) is 18.1. The smallest absolute Gasteiger partial charge is 0.243 e. The van der Waals surface area contributed by atoms with Crippen LogP contribution in [0.2, 0.25) is 0 Å². The van der Waals surface area contributed by atoms with Gasteiger partial charge in [-0.05, 0) is 41.8 Å². The van der Waals surface area contributed by atoms with E-state index in [0.717, 1.165) is 11.1 Å². The van der Waals surface area contributed by atoms with Gasteiger partial charge < -0.3 is 26.5 Å². The van der Waals surface area contributed by atoms with Crippen LogP contribution in [0.25, 0.3) is 0 Å². The van der Waals surface area contributed by atoms with Crippen LogP contribution in [-0.4, -0.2) is 40.8 Å². The lowest BCUT2D eigenvalue weighted by Gasteiger charge is -2.18. The third-order valence-corrected chi connectivity index (χ3v) is 5.07. The summed E-state index contributed by atoms with van der Waals surface area (Å²) in [7, 11) is 0. The molecule has 0 aliphatic rings. The number of phenols is 1. The Labute approximate surface area is 191 Å². The summed E-state index contributed by atoms with van der Waals surface area (Å²) in [6.07, 6.45) is 2.35. The van der Waals surface area contributed by atoms with Crippen molar-refractivity contribution >= 4 is 17.6 Å². The second-order valence-electron chi connectivity index (χ2n) is 7.53. The lowest BCUT2D eigenvalue weighted by atomic mass is 10.1. The Bertz CT molecular complexity index is 1060. The lowest BCUT2D eigenvalue weighted by molar-refractivity contribution is -0.127. The molecule has 0 fully saturated rings. The Hall–Kier alpha value is -4.11. The number of H-pyrrole nitrogens is 1. The van der Waals surface area contributed by atoms with Gasteiger partial charge >= 0.3 is 0 Å². The van der Waals surface area contributed by atoms with Crippen molar-refractivity contribution in [3.63, 3.8) is 0 Å². The van der Waals surface area contributed by atoms with E-state index in [4.69, 9.17) is 11.1 Å². The van der Waals surface area contributed by atoms with Crippen LogP contribution in [0.4, 0.5) is 0 Å². The fourth-order valence-corrected chi connectivity index (χ4v) is 3.23. The fourth-order valence-electron chi connectivity index (χ4n) is 3.23. The lowest BCUT2D eigenvalue weighted by Crippen LogP contribution is -2.43. The normalized spacial score (nSPS) is 11.5. The summed E-state index contributed by atoms with van der Waals surface area (Å²) in [5.74, 6) is -0.415. The van der Waals surface area contributed by atoms with Gasteiger partial charge in [0.15, 0.2) is 0 Å². The number of nitrogens with one attached hydrogen (secondary N) is 5. The number of amides is 2. The molecule has 9 nitrogen and oxygen atoms in total. The third-order valence-electron chi connectivity index (χ3n) is 5.07. The molecule has 1 heterocycles. The van der Waals surface area contributed by atoms with E-state index in [-0.39, 0.29) is 29.9 Å². The van der Waals surface area contributed by atoms with Crippen molar-refractivity contribution in [1.29, 1.82) is 5.41 Å². The number of aromatic hydroxyl groups is 1. The highest BCUT2D eigenvalue weighted by Crippen LogP contribution is 2.13. The second-order valence-corrected chi connectivity index (χ2v) is 7.53. The molecular formula is C24H28N6O3. The van der Waals surface area contributed by atoms with Crippen molar-refractivity contribution in [3.05, 3.63) is 89.2 Å². The molecule has 2 aromatic carbocycles. The molecule has 9 heteroatoms. The summed E-state index contributed by atoms with van der Waals surface area (Å²) in [5, 5.41) is 25.4. The number of nitrogens with two attached hydrogens (primary N) is 1. The van der Waals surface area contributed by atoms with E-state index in [1.807, 2.05) is 12.1 Å². The van der Waals surface area contributed by atoms with Gasteiger partial charge in [-0.25, -0.2) is 0 Å². The van der Waals surface area contributed by atoms with Gasteiger partial charge in [-0.3, -0.25) is 20.3 Å². The number of benzene rings is 2. The molecule has 1 aromatic heterocycles. The van der Waals surface area contributed by atoms with Gasteiger partial charge in [-0.15, -0.1) is 0 Å². The van der Waals surface area contributed by atoms with Gasteiger partial charge in [0.05, 0.1) is 6.54 Å². The van der Waals surface area contributed by atoms with Gasteiger partial charge in [-0.1, -0.05) is 36.4 Å². The molecule has 3 aromatic rings. The number of hydrogen-bond acceptors (Lipinski definition) is 5. The highest BCUT2D eigenvalue weighted by molar-refractivity contribution is 5.94. The molecule has 3 rings (SSSR count). The van der Waals surface area contributed by atoms with Crippen LogP contribution in [0.15, 0.2) is 66.9 Å². The van der Waals surface area contributed by atoms with Crippen molar-refractivity contribution in [2.45, 2.75) is 19.0 Å². The van der Waals surface area contributed by atoms with E-state index in [2.05, 4.69) is 20.9 Å². The number of carbonyl (C=O) groups excluding carboxylic acids is 2. The van der Waals surface area contributed by atoms with Crippen LogP contribution in [0.3, 0.4) is 0 Å². The molecule has 1 unspecified atom stereocenters. The average Bonchev–Trinajstić information content (AvgIpc) is 3.34. The Balaban J connectivity index is 1.49. The summed E-state index contributed by atoms with van der Waals surface area (Å²) in [5.41, 5.74) is 8.71. The molecule has 0 radical (unpaired) electrons. The second kappa shape index (κ2) is 11.5. The predicted octanol–water partition coefficient (Wildman–Crippen LogP) is 1.31. The van der Waals surface area contributed by atoms with E-state index in [1.54, 1.807) is 54.7 Å². The average molecular weight is 449 g/mol. The molecule has 0 spiro atoms. The van der Waals surface area contributed by atoms with Crippen molar-refractivity contribution in [2.75, 3.05) is 13.1 Å². The van der Waals surface area contributed by atoms with Crippen LogP contribution in [0.5, 0.6) is 5.75 Å². The van der Waals surface area contributed by atoms with E-state index in [1.165, 1.54) is 0 Å². The van der Waals surface area contributed by atoms with Crippen LogP contribution in [0, 0.1) is 5.41 Å². The number of rotatable bonds is 11. The van der Waals surface area contributed by atoms with Gasteiger partial charge in [0, 0.05) is 30.5 Å². The first-order chi connectivity index (χ1) is 15.9. The molecule has 172 valence electrons. The van der Waals surface area contributed by atoms with Crippen molar-refractivity contribution in [2.24, 2.45) is 5.73 Å². The number of aromatic nitrogens is 1. The van der Waals surface area contributed by atoms with Gasteiger partial charge in [0.25, 0.3) is 0 Å². The maximum Gasteiger partial charge on any atom is 0.243 e. The van der Waals surface area contributed by atoms with Gasteiger partial charge in [0.2, 0.25) is 11.8 Å². The standard InChI is InChI=1S/C24H28N6O3/c25-23(26)18-7-3-17(4-8-18)14-29-22(20-2-1-12-27-20)24(33)30-15-21(32)28-13-11-16-5-9-19(31)10-6-16/h1-10,12,22,27,29,31H,11,13-15H2,(H3,25,26)(H,28,32)(H,30,33). The molecule has 0 saturated carbocycles. The number of hydrogen-bond donors (Lipinski definition) is 7. The predicted molar refractivity (Wildman–Crippen MR) is 126 cm³/mol. The molecular weight excluding hydrogens is 420 g/mol. The molecule has 33 heavy (non-hydrogen) atoms. The molecule has 8 N–H and O–H groups in total. The van der Waals surface area contributed by atoms with Crippen molar-refractivity contribution in [3.8, 4) is 5.75 Å². The largest absolute Gasteiger partial charge is 0.508 e. The zero-order chi connectivity index (χ0) is 23.6. The highest BCUT2D eigenvalue weighted by atomic mass is 16.3. The minimum atomic E-state index is -0.669. The van der Waals surface area contributed by atoms with Crippen molar-refractivity contribution in [1.82, 2.24) is 20.9 Å². The summed E-state index contributed by atoms with van der Waals surface area (Å²) in [6, 6.07) is 16.9. The Morgan fingerprint density at radius 1 is 1.00 bits per heavy atom. The number of nitrogen functional groups attached to an aromatic ring is 1. The maximum atomic E-state index is 12.8. The molecule has 0 aliphatic carbocycles. The molecule has 1 atom stereocenters. The molecule has 2 amide bonds. The number of carbonyl (C=O) groups is 2. The minimum Gasteiger partial charge on any atom is -0.508 e. The van der Waals surface area contributed by atoms with E-state index < -0.39 is 6.04 Å². The zero-order valence-electron chi connectivity index (χ0n) is 18.1. The number of phenolic OH excluding ortho intramolecular Hbond substituents is 1. The van der Waals surface area contributed by atoms with Crippen LogP contribution < -0.4 is 21.7 Å². The van der Waals surface area contributed by atoms with Crippen molar-refractivity contribution < 1.29 is 14.7 Å². The highest BCUT2D eigenvalue weighted by Gasteiger charge is 2.21. The summed E-state index contributed by atoms with van der Waals surface area (Å²) in [4.78, 5) is 28.0. The van der Waals surface area contributed by atoms with Gasteiger partial charge in [0.1, 0.15) is 17.6 Å². The molecule has 0 aliphatic heterocycles. The van der Waals surface area contributed by atoms with Gasteiger partial charge in [-0.2, -0.15) is 0 Å². The maximum absolute atomic E-state index is 12.8. The Morgan fingerprint density at radius 3 is 2.33 bits per heavy atom. The Morgan fingerprint density at radius 2 is 1.70 bits per heavy atom.